The van der Waals surface area contributed by atoms with Crippen molar-refractivity contribution in [3.63, 3.8) is 0 Å². The standard InChI is InChI=1S/C13H14N6S/c1-17-7-8-2-3-10(9(4-8)6-14)20-13-18-11(15)5-12(16)19-13/h2-5,17H,7H2,1H3,(H4,15,16,18,19). The lowest BCUT2D eigenvalue weighted by molar-refractivity contribution is 0.816. The summed E-state index contributed by atoms with van der Waals surface area (Å²) in [7, 11) is 1.86. The lowest BCUT2D eigenvalue weighted by atomic mass is 10.1. The Morgan fingerprint density at radius 2 is 1.95 bits per heavy atom. The van der Waals surface area contributed by atoms with Crippen molar-refractivity contribution < 1.29 is 0 Å². The highest BCUT2D eigenvalue weighted by molar-refractivity contribution is 7.99. The van der Waals surface area contributed by atoms with Crippen LogP contribution < -0.4 is 16.8 Å². The molecule has 0 amide bonds. The molecule has 0 spiro atoms. The second kappa shape index (κ2) is 6.23. The first-order chi connectivity index (χ1) is 9.62. The predicted octanol–water partition coefficient (Wildman–Crippen LogP) is 1.38. The molecule has 0 unspecified atom stereocenters. The van der Waals surface area contributed by atoms with Gasteiger partial charge in [0, 0.05) is 17.5 Å². The van der Waals surface area contributed by atoms with Gasteiger partial charge in [0.05, 0.1) is 5.56 Å². The normalized spacial score (nSPS) is 10.2. The number of nitrogen functional groups attached to an aromatic ring is 2. The minimum atomic E-state index is 0.310. The molecule has 6 nitrogen and oxygen atoms in total. The molecule has 0 bridgehead atoms. The van der Waals surface area contributed by atoms with Crippen LogP contribution in [0.3, 0.4) is 0 Å². The van der Waals surface area contributed by atoms with Gasteiger partial charge in [0.15, 0.2) is 5.16 Å². The largest absolute Gasteiger partial charge is 0.383 e. The summed E-state index contributed by atoms with van der Waals surface area (Å²) in [6.07, 6.45) is 0. The van der Waals surface area contributed by atoms with Gasteiger partial charge in [0.2, 0.25) is 0 Å². The summed E-state index contributed by atoms with van der Waals surface area (Å²) in [5.74, 6) is 0.621. The van der Waals surface area contributed by atoms with E-state index < -0.39 is 0 Å². The summed E-state index contributed by atoms with van der Waals surface area (Å²) in [6, 6.07) is 9.34. The highest BCUT2D eigenvalue weighted by Gasteiger charge is 2.08. The Hall–Kier alpha value is -2.30. The average molecular weight is 286 g/mol. The molecular formula is C13H14N6S. The second-order valence-corrected chi connectivity index (χ2v) is 5.08. The van der Waals surface area contributed by atoms with E-state index in [9.17, 15) is 5.26 Å². The van der Waals surface area contributed by atoms with Crippen molar-refractivity contribution in [2.45, 2.75) is 16.6 Å². The number of nitrogens with two attached hydrogens (primary N) is 2. The van der Waals surface area contributed by atoms with Crippen molar-refractivity contribution in [2.24, 2.45) is 0 Å². The molecule has 0 saturated carbocycles. The Balaban J connectivity index is 2.31. The summed E-state index contributed by atoms with van der Waals surface area (Å²) >= 11 is 1.27. The zero-order chi connectivity index (χ0) is 14.5. The molecule has 102 valence electrons. The average Bonchev–Trinajstić information content (AvgIpc) is 2.39. The zero-order valence-corrected chi connectivity index (χ0v) is 11.7. The van der Waals surface area contributed by atoms with Gasteiger partial charge in [-0.25, -0.2) is 9.97 Å². The van der Waals surface area contributed by atoms with Crippen LogP contribution in [0.2, 0.25) is 0 Å². The molecule has 2 aromatic rings. The number of aromatic nitrogens is 2. The molecule has 0 fully saturated rings. The minimum absolute atomic E-state index is 0.310. The van der Waals surface area contributed by atoms with E-state index in [0.29, 0.717) is 28.9 Å². The van der Waals surface area contributed by atoms with Crippen LogP contribution in [0.25, 0.3) is 0 Å². The fraction of sp³-hybridized carbons (Fsp3) is 0.154. The zero-order valence-electron chi connectivity index (χ0n) is 10.9. The molecule has 1 aromatic carbocycles. The van der Waals surface area contributed by atoms with Crippen molar-refractivity contribution in [3.05, 3.63) is 35.4 Å². The molecule has 0 atom stereocenters. The van der Waals surface area contributed by atoms with E-state index in [1.54, 1.807) is 0 Å². The van der Waals surface area contributed by atoms with Crippen LogP contribution in [0.1, 0.15) is 11.1 Å². The summed E-state index contributed by atoms with van der Waals surface area (Å²) in [5.41, 5.74) is 12.9. The topological polar surface area (TPSA) is 114 Å². The van der Waals surface area contributed by atoms with Crippen molar-refractivity contribution >= 4 is 23.4 Å². The quantitative estimate of drug-likeness (QED) is 0.727. The Kier molecular flexibility index (Phi) is 4.40. The summed E-state index contributed by atoms with van der Waals surface area (Å²) in [6.45, 7) is 0.710. The Morgan fingerprint density at radius 1 is 1.25 bits per heavy atom. The third-order valence-electron chi connectivity index (χ3n) is 2.49. The summed E-state index contributed by atoms with van der Waals surface area (Å²) in [4.78, 5) is 8.96. The first-order valence-corrected chi connectivity index (χ1v) is 6.69. The molecule has 0 radical (unpaired) electrons. The molecule has 1 heterocycles. The number of hydrogen-bond acceptors (Lipinski definition) is 7. The Labute approximate surface area is 121 Å². The number of rotatable bonds is 4. The molecule has 0 aliphatic carbocycles. The van der Waals surface area contributed by atoms with Gasteiger partial charge in [-0.15, -0.1) is 0 Å². The molecule has 5 N–H and O–H groups in total. The maximum Gasteiger partial charge on any atom is 0.196 e. The van der Waals surface area contributed by atoms with Crippen LogP contribution in [0.15, 0.2) is 34.3 Å². The van der Waals surface area contributed by atoms with E-state index in [2.05, 4.69) is 21.4 Å². The summed E-state index contributed by atoms with van der Waals surface area (Å²) < 4.78 is 0. The molecule has 0 saturated heterocycles. The minimum Gasteiger partial charge on any atom is -0.383 e. The molecule has 0 aliphatic rings. The Morgan fingerprint density at radius 3 is 2.55 bits per heavy atom. The third kappa shape index (κ3) is 3.38. The van der Waals surface area contributed by atoms with Crippen LogP contribution in [-0.2, 0) is 6.54 Å². The van der Waals surface area contributed by atoms with Gasteiger partial charge in [0.25, 0.3) is 0 Å². The first-order valence-electron chi connectivity index (χ1n) is 5.88. The van der Waals surface area contributed by atoms with E-state index in [4.69, 9.17) is 11.5 Å². The number of hydrogen-bond donors (Lipinski definition) is 3. The monoisotopic (exact) mass is 286 g/mol. The Bertz CT molecular complexity index is 644. The summed E-state index contributed by atoms with van der Waals surface area (Å²) in [5, 5.41) is 12.7. The maximum absolute atomic E-state index is 9.22. The molecule has 1 aromatic heterocycles. The molecule has 20 heavy (non-hydrogen) atoms. The fourth-order valence-corrected chi connectivity index (χ4v) is 2.52. The van der Waals surface area contributed by atoms with Gasteiger partial charge in [-0.3, -0.25) is 0 Å². The number of anilines is 2. The van der Waals surface area contributed by atoms with Gasteiger partial charge >= 0.3 is 0 Å². The van der Waals surface area contributed by atoms with Crippen LogP contribution in [-0.4, -0.2) is 17.0 Å². The lowest BCUT2D eigenvalue weighted by Gasteiger charge is -2.06. The van der Waals surface area contributed by atoms with Crippen LogP contribution in [0, 0.1) is 11.3 Å². The maximum atomic E-state index is 9.22. The van der Waals surface area contributed by atoms with E-state index >= 15 is 0 Å². The van der Waals surface area contributed by atoms with Crippen molar-refractivity contribution in [1.82, 2.24) is 15.3 Å². The van der Waals surface area contributed by atoms with Gasteiger partial charge in [-0.1, -0.05) is 6.07 Å². The number of nitriles is 1. The number of benzene rings is 1. The predicted molar refractivity (Wildman–Crippen MR) is 78.9 cm³/mol. The van der Waals surface area contributed by atoms with Gasteiger partial charge in [-0.05, 0) is 36.5 Å². The van der Waals surface area contributed by atoms with E-state index in [1.807, 2.05) is 25.2 Å². The second-order valence-electron chi connectivity index (χ2n) is 4.07. The van der Waals surface area contributed by atoms with Crippen molar-refractivity contribution in [1.29, 1.82) is 5.26 Å². The van der Waals surface area contributed by atoms with Crippen molar-refractivity contribution in [2.75, 3.05) is 18.5 Å². The third-order valence-corrected chi connectivity index (χ3v) is 3.43. The number of nitrogens with zero attached hydrogens (tertiary/aromatic N) is 3. The smallest absolute Gasteiger partial charge is 0.196 e. The SMILES string of the molecule is CNCc1ccc(Sc2nc(N)cc(N)n2)c(C#N)c1. The van der Waals surface area contributed by atoms with E-state index in [-0.39, 0.29) is 0 Å². The number of nitrogens with one attached hydrogen (secondary N) is 1. The molecule has 7 heteroatoms. The molecular weight excluding hydrogens is 272 g/mol. The first kappa shape index (κ1) is 14.1. The van der Waals surface area contributed by atoms with E-state index in [0.717, 1.165) is 10.5 Å². The lowest BCUT2D eigenvalue weighted by Crippen LogP contribution is -2.05. The highest BCUT2D eigenvalue weighted by Crippen LogP contribution is 2.29. The molecule has 0 aliphatic heterocycles. The van der Waals surface area contributed by atoms with Gasteiger partial charge in [-0.2, -0.15) is 5.26 Å². The van der Waals surface area contributed by atoms with Gasteiger partial charge < -0.3 is 16.8 Å². The van der Waals surface area contributed by atoms with Crippen LogP contribution in [0.4, 0.5) is 11.6 Å². The van der Waals surface area contributed by atoms with Crippen molar-refractivity contribution in [3.8, 4) is 6.07 Å². The van der Waals surface area contributed by atoms with Crippen LogP contribution >= 0.6 is 11.8 Å². The highest BCUT2D eigenvalue weighted by atomic mass is 32.2. The van der Waals surface area contributed by atoms with Gasteiger partial charge in [0.1, 0.15) is 17.7 Å². The van der Waals surface area contributed by atoms with E-state index in [1.165, 1.54) is 17.8 Å². The fourth-order valence-electron chi connectivity index (χ4n) is 1.67. The van der Waals surface area contributed by atoms with Crippen LogP contribution in [0.5, 0.6) is 0 Å². The molecule has 2 rings (SSSR count).